The monoisotopic (exact) mass is 468 g/mol. The molecule has 5 nitrogen and oxygen atoms in total. The van der Waals surface area contributed by atoms with Crippen LogP contribution >= 0.6 is 0 Å². The average molecular weight is 469 g/mol. The van der Waals surface area contributed by atoms with E-state index in [1.807, 2.05) is 13.8 Å². The van der Waals surface area contributed by atoms with Crippen molar-refractivity contribution >= 4 is 16.2 Å². The normalized spacial score (nSPS) is 42.9. The summed E-state index contributed by atoms with van der Waals surface area (Å²) in [6.45, 7) is 8.94. The Kier molecular flexibility index (Phi) is 6.90. The highest BCUT2D eigenvalue weighted by molar-refractivity contribution is 7.80. The van der Waals surface area contributed by atoms with Crippen LogP contribution in [-0.2, 0) is 19.4 Å². The molecule has 184 valence electrons. The van der Waals surface area contributed by atoms with Gasteiger partial charge in [-0.25, -0.2) is 4.18 Å². The van der Waals surface area contributed by atoms with E-state index < -0.39 is 16.5 Å². The molecule has 4 rings (SSSR count). The molecule has 0 heterocycles. The molecule has 0 aromatic rings. The van der Waals surface area contributed by atoms with Crippen LogP contribution < -0.4 is 0 Å². The fourth-order valence-electron chi connectivity index (χ4n) is 8.84. The van der Waals surface area contributed by atoms with Gasteiger partial charge in [-0.1, -0.05) is 34.1 Å². The van der Waals surface area contributed by atoms with Crippen molar-refractivity contribution in [2.75, 3.05) is 0 Å². The van der Waals surface area contributed by atoms with Gasteiger partial charge in [0.1, 0.15) is 5.78 Å². The maximum absolute atomic E-state index is 12.1. The largest absolute Gasteiger partial charge is 0.397 e. The minimum absolute atomic E-state index is 0.0533. The molecule has 4 fully saturated rings. The van der Waals surface area contributed by atoms with E-state index in [-0.39, 0.29) is 5.92 Å². The summed E-state index contributed by atoms with van der Waals surface area (Å²) in [5.74, 6) is 4.27. The van der Waals surface area contributed by atoms with Crippen molar-refractivity contribution in [2.24, 2.45) is 46.3 Å². The van der Waals surface area contributed by atoms with Gasteiger partial charge >= 0.3 is 10.4 Å². The predicted molar refractivity (Wildman–Crippen MR) is 125 cm³/mol. The van der Waals surface area contributed by atoms with E-state index in [4.69, 9.17) is 8.74 Å². The van der Waals surface area contributed by atoms with E-state index in [0.29, 0.717) is 34.9 Å². The molecule has 4 saturated carbocycles. The number of carbonyl (C=O) groups excluding carboxylic acids is 1. The second-order valence-electron chi connectivity index (χ2n) is 12.5. The van der Waals surface area contributed by atoms with Crippen LogP contribution in [0.3, 0.4) is 0 Å². The second kappa shape index (κ2) is 8.96. The topological polar surface area (TPSA) is 80.7 Å². The smallest absolute Gasteiger partial charge is 0.300 e. The van der Waals surface area contributed by atoms with Crippen LogP contribution in [0.15, 0.2) is 0 Å². The molecular weight excluding hydrogens is 424 g/mol. The number of rotatable bonds is 7. The lowest BCUT2D eigenvalue weighted by molar-refractivity contribution is -0.139. The minimum Gasteiger partial charge on any atom is -0.300 e. The van der Waals surface area contributed by atoms with Gasteiger partial charge in [0.05, 0.1) is 6.10 Å². The summed E-state index contributed by atoms with van der Waals surface area (Å²) in [7, 11) is -4.40. The number of fused-ring (bicyclic) bond motifs is 5. The van der Waals surface area contributed by atoms with Crippen LogP contribution in [0.25, 0.3) is 0 Å². The van der Waals surface area contributed by atoms with Gasteiger partial charge in [-0.3, -0.25) is 9.35 Å². The van der Waals surface area contributed by atoms with Gasteiger partial charge < -0.3 is 0 Å². The van der Waals surface area contributed by atoms with Crippen LogP contribution in [0.1, 0.15) is 105 Å². The third-order valence-electron chi connectivity index (χ3n) is 10.7. The lowest BCUT2D eigenvalue weighted by Gasteiger charge is -2.60. The van der Waals surface area contributed by atoms with E-state index in [1.165, 1.54) is 38.5 Å². The quantitative estimate of drug-likeness (QED) is 0.448. The Morgan fingerprint density at radius 3 is 2.44 bits per heavy atom. The number of Topliss-reactive ketones (excluding diaryl/α,β-unsaturated/α-hetero) is 1. The van der Waals surface area contributed by atoms with Crippen molar-refractivity contribution in [2.45, 2.75) is 111 Å². The fraction of sp³-hybridized carbons (Fsp3) is 0.962. The molecular formula is C26H44O5S. The lowest BCUT2D eigenvalue weighted by atomic mass is 9.44. The Morgan fingerprint density at radius 2 is 1.75 bits per heavy atom. The zero-order chi connectivity index (χ0) is 23.3. The Morgan fingerprint density at radius 1 is 1.03 bits per heavy atom. The molecule has 0 aromatic carbocycles. The Bertz CT molecular complexity index is 807. The zero-order valence-electron chi connectivity index (χ0n) is 20.5. The number of hydrogen-bond acceptors (Lipinski definition) is 4. The van der Waals surface area contributed by atoms with Gasteiger partial charge in [-0.05, 0) is 104 Å². The fourth-order valence-corrected chi connectivity index (χ4v) is 9.47. The highest BCUT2D eigenvalue weighted by atomic mass is 32.3. The third-order valence-corrected chi connectivity index (χ3v) is 11.2. The third kappa shape index (κ3) is 4.57. The second-order valence-corrected chi connectivity index (χ2v) is 13.5. The van der Waals surface area contributed by atoms with Crippen molar-refractivity contribution in [3.8, 4) is 0 Å². The number of hydrogen-bond donors (Lipinski definition) is 1. The van der Waals surface area contributed by atoms with Crippen LogP contribution in [0.4, 0.5) is 0 Å². The Balaban J connectivity index is 1.39. The van der Waals surface area contributed by atoms with E-state index in [9.17, 15) is 13.2 Å². The molecule has 0 saturated heterocycles. The minimum atomic E-state index is -4.40. The van der Waals surface area contributed by atoms with E-state index >= 15 is 0 Å². The first-order valence-electron chi connectivity index (χ1n) is 13.1. The molecule has 7 unspecified atom stereocenters. The summed E-state index contributed by atoms with van der Waals surface area (Å²) >= 11 is 0. The molecule has 32 heavy (non-hydrogen) atoms. The molecule has 0 amide bonds. The zero-order valence-corrected chi connectivity index (χ0v) is 21.3. The van der Waals surface area contributed by atoms with Crippen LogP contribution in [0, 0.1) is 46.3 Å². The standard InChI is InChI=1S/C26H44O5S/c1-17(2)24(31-32(28,29)30)7-5-6-18-9-11-22-21-10-8-19-16-20(27)12-14-26(19,4)23(21)13-15-25(18,22)3/h17-19,21-24H,5-16H2,1-4H3,(H,28,29,30)/t18?,19-,21?,22?,23?,24?,25?,26?/m0/s1. The molecule has 0 spiro atoms. The molecule has 1 N–H and O–H groups in total. The van der Waals surface area contributed by atoms with E-state index in [1.54, 1.807) is 0 Å². The first-order chi connectivity index (χ1) is 14.9. The van der Waals surface area contributed by atoms with Crippen LogP contribution in [0.2, 0.25) is 0 Å². The van der Waals surface area contributed by atoms with E-state index in [0.717, 1.165) is 49.9 Å². The van der Waals surface area contributed by atoms with E-state index in [2.05, 4.69) is 13.8 Å². The lowest BCUT2D eigenvalue weighted by Crippen LogP contribution is -2.53. The van der Waals surface area contributed by atoms with Crippen molar-refractivity contribution in [3.63, 3.8) is 0 Å². The first kappa shape index (κ1) is 24.7. The summed E-state index contributed by atoms with van der Waals surface area (Å²) in [5, 5.41) is 0. The summed E-state index contributed by atoms with van der Waals surface area (Å²) in [5.41, 5.74) is 0.764. The van der Waals surface area contributed by atoms with Gasteiger partial charge in [0.15, 0.2) is 0 Å². The summed E-state index contributed by atoms with van der Waals surface area (Å²) < 4.78 is 36.4. The maximum atomic E-state index is 12.1. The number of ketones is 1. The van der Waals surface area contributed by atoms with Gasteiger partial charge in [-0.2, -0.15) is 8.42 Å². The highest BCUT2D eigenvalue weighted by Gasteiger charge is 2.59. The SMILES string of the molecule is CC(C)C(CCCC1CCC2C3CC[C@H]4CC(=O)CCC4(C)C3CCC12C)OS(=O)(=O)O. The average Bonchev–Trinajstić information content (AvgIpc) is 3.03. The molecule has 0 bridgehead atoms. The van der Waals surface area contributed by atoms with Gasteiger partial charge in [0, 0.05) is 12.8 Å². The van der Waals surface area contributed by atoms with Crippen LogP contribution in [-0.4, -0.2) is 24.9 Å². The molecule has 4 aliphatic carbocycles. The van der Waals surface area contributed by atoms with Gasteiger partial charge in [-0.15, -0.1) is 0 Å². The van der Waals surface area contributed by atoms with Crippen molar-refractivity contribution in [1.29, 1.82) is 0 Å². The summed E-state index contributed by atoms with van der Waals surface area (Å²) in [6, 6.07) is 0. The molecule has 0 aromatic heterocycles. The Hall–Kier alpha value is -0.460. The number of carbonyl (C=O) groups is 1. The van der Waals surface area contributed by atoms with Crippen LogP contribution in [0.5, 0.6) is 0 Å². The first-order valence-corrected chi connectivity index (χ1v) is 14.5. The van der Waals surface area contributed by atoms with Crippen molar-refractivity contribution in [1.82, 2.24) is 0 Å². The summed E-state index contributed by atoms with van der Waals surface area (Å²) in [4.78, 5) is 12.1. The predicted octanol–water partition coefficient (Wildman–Crippen LogP) is 6.23. The maximum Gasteiger partial charge on any atom is 0.397 e. The van der Waals surface area contributed by atoms with Crippen molar-refractivity contribution < 1.29 is 21.9 Å². The highest BCUT2D eigenvalue weighted by Crippen LogP contribution is 2.67. The van der Waals surface area contributed by atoms with Gasteiger partial charge in [0.25, 0.3) is 0 Å². The molecule has 0 aliphatic heterocycles. The summed E-state index contributed by atoms with van der Waals surface area (Å²) in [6.07, 6.45) is 12.8. The Labute approximate surface area is 195 Å². The molecule has 6 heteroatoms. The van der Waals surface area contributed by atoms with Crippen molar-refractivity contribution in [3.05, 3.63) is 0 Å². The molecule has 0 radical (unpaired) electrons. The molecule has 4 aliphatic rings. The van der Waals surface area contributed by atoms with Gasteiger partial charge in [0.2, 0.25) is 0 Å². The molecule has 8 atom stereocenters.